The molecule has 0 bridgehead atoms. The molecule has 0 amide bonds. The van der Waals surface area contributed by atoms with E-state index in [2.05, 4.69) is 115 Å². The van der Waals surface area contributed by atoms with E-state index in [1.807, 2.05) is 12.1 Å². The Morgan fingerprint density at radius 2 is 0.975 bits per heavy atom. The van der Waals surface area contributed by atoms with Crippen LogP contribution >= 0.6 is 0 Å². The maximum atomic E-state index is 6.25. The zero-order chi connectivity index (χ0) is 26.2. The van der Waals surface area contributed by atoms with Crippen molar-refractivity contribution < 1.29 is 8.83 Å². The highest BCUT2D eigenvalue weighted by Gasteiger charge is 2.19. The minimum Gasteiger partial charge on any atom is -0.464 e. The Bertz CT molecular complexity index is 2380. The quantitative estimate of drug-likeness (QED) is 0.216. The molecule has 2 heteroatoms. The molecule has 0 saturated carbocycles. The van der Waals surface area contributed by atoms with Gasteiger partial charge in [0.15, 0.2) is 0 Å². The monoisotopic (exact) mass is 510 g/mol. The highest BCUT2D eigenvalue weighted by atomic mass is 16.3. The molecule has 0 atom stereocenters. The smallest absolute Gasteiger partial charge is 0.145 e. The van der Waals surface area contributed by atoms with Crippen LogP contribution in [0, 0.1) is 0 Å². The largest absolute Gasteiger partial charge is 0.464 e. The number of fused-ring (bicyclic) bond motifs is 8. The van der Waals surface area contributed by atoms with Gasteiger partial charge in [-0.05, 0) is 91.0 Å². The third-order valence-corrected chi connectivity index (χ3v) is 8.31. The fraction of sp³-hybridized carbons (Fsp3) is 0. The number of hydrogen-bond donors (Lipinski definition) is 0. The molecule has 9 aromatic rings. The fourth-order valence-corrected chi connectivity index (χ4v) is 6.54. The van der Waals surface area contributed by atoms with Gasteiger partial charge in [-0.25, -0.2) is 0 Å². The Hall–Kier alpha value is -5.34. The van der Waals surface area contributed by atoms with Gasteiger partial charge >= 0.3 is 0 Å². The van der Waals surface area contributed by atoms with Crippen molar-refractivity contribution in [2.24, 2.45) is 0 Å². The maximum Gasteiger partial charge on any atom is 0.145 e. The molecule has 0 aliphatic carbocycles. The molecule has 2 heterocycles. The standard InChI is InChI=1S/C38H22O2/c1-2-8-25-21-26(14-13-23(25)7-1)35-28-9-3-5-11-30(28)36(31-12-6-4-10-29(31)35)27-16-17-33-32(22-27)37-34(40-33)18-15-24-19-20-39-38(24)37/h1-22H. The lowest BCUT2D eigenvalue weighted by atomic mass is 9.85. The van der Waals surface area contributed by atoms with Crippen molar-refractivity contribution in [1.82, 2.24) is 0 Å². The van der Waals surface area contributed by atoms with E-state index in [4.69, 9.17) is 8.83 Å². The van der Waals surface area contributed by atoms with E-state index in [9.17, 15) is 0 Å². The molecule has 0 saturated heterocycles. The zero-order valence-corrected chi connectivity index (χ0v) is 21.5. The summed E-state index contributed by atoms with van der Waals surface area (Å²) < 4.78 is 12.2. The van der Waals surface area contributed by atoms with E-state index >= 15 is 0 Å². The lowest BCUT2D eigenvalue weighted by Gasteiger charge is -2.18. The normalized spacial score (nSPS) is 12.0. The minimum atomic E-state index is 0.843. The lowest BCUT2D eigenvalue weighted by Crippen LogP contribution is -1.91. The van der Waals surface area contributed by atoms with Crippen molar-refractivity contribution in [3.8, 4) is 22.3 Å². The van der Waals surface area contributed by atoms with Crippen LogP contribution in [-0.4, -0.2) is 0 Å². The Kier molecular flexibility index (Phi) is 4.36. The second-order valence-corrected chi connectivity index (χ2v) is 10.5. The highest BCUT2D eigenvalue weighted by molar-refractivity contribution is 6.23. The lowest BCUT2D eigenvalue weighted by molar-refractivity contribution is 0.618. The second-order valence-electron chi connectivity index (χ2n) is 10.5. The Morgan fingerprint density at radius 1 is 0.400 bits per heavy atom. The Balaban J connectivity index is 1.39. The number of benzene rings is 7. The van der Waals surface area contributed by atoms with Crippen LogP contribution in [0.15, 0.2) is 142 Å². The third-order valence-electron chi connectivity index (χ3n) is 8.31. The summed E-state index contributed by atoms with van der Waals surface area (Å²) in [5.74, 6) is 0. The van der Waals surface area contributed by atoms with Gasteiger partial charge in [0.25, 0.3) is 0 Å². The summed E-state index contributed by atoms with van der Waals surface area (Å²) in [6.45, 7) is 0. The van der Waals surface area contributed by atoms with E-state index < -0.39 is 0 Å². The highest BCUT2D eigenvalue weighted by Crippen LogP contribution is 2.45. The van der Waals surface area contributed by atoms with Crippen molar-refractivity contribution in [2.75, 3.05) is 0 Å². The summed E-state index contributed by atoms with van der Waals surface area (Å²) in [5.41, 5.74) is 7.48. The first-order valence-corrected chi connectivity index (χ1v) is 13.6. The molecule has 7 aromatic carbocycles. The first-order valence-electron chi connectivity index (χ1n) is 13.6. The summed E-state index contributed by atoms with van der Waals surface area (Å²) in [4.78, 5) is 0. The molecule has 0 fully saturated rings. The number of hydrogen-bond acceptors (Lipinski definition) is 2. The van der Waals surface area contributed by atoms with Crippen molar-refractivity contribution in [2.45, 2.75) is 0 Å². The summed E-state index contributed by atoms with van der Waals surface area (Å²) in [6.07, 6.45) is 1.75. The first-order chi connectivity index (χ1) is 19.8. The molecule has 0 N–H and O–H groups in total. The van der Waals surface area contributed by atoms with Crippen LogP contribution in [0.5, 0.6) is 0 Å². The third kappa shape index (κ3) is 2.99. The van der Waals surface area contributed by atoms with Crippen molar-refractivity contribution in [1.29, 1.82) is 0 Å². The van der Waals surface area contributed by atoms with E-state index in [1.54, 1.807) is 6.26 Å². The average Bonchev–Trinajstić information content (AvgIpc) is 3.63. The van der Waals surface area contributed by atoms with E-state index in [0.29, 0.717) is 0 Å². The van der Waals surface area contributed by atoms with Crippen LogP contribution in [0.1, 0.15) is 0 Å². The van der Waals surface area contributed by atoms with Gasteiger partial charge in [0, 0.05) is 10.8 Å². The average molecular weight is 511 g/mol. The Morgan fingerprint density at radius 3 is 1.70 bits per heavy atom. The second kappa shape index (κ2) is 8.08. The molecule has 40 heavy (non-hydrogen) atoms. The van der Waals surface area contributed by atoms with E-state index in [0.717, 1.165) is 38.5 Å². The van der Waals surface area contributed by atoms with Crippen LogP contribution < -0.4 is 0 Å². The van der Waals surface area contributed by atoms with Crippen LogP contribution in [0.3, 0.4) is 0 Å². The van der Waals surface area contributed by atoms with Gasteiger partial charge in [0.05, 0.1) is 11.6 Å². The number of rotatable bonds is 2. The van der Waals surface area contributed by atoms with Gasteiger partial charge < -0.3 is 8.83 Å². The topological polar surface area (TPSA) is 26.3 Å². The Labute approximate surface area is 229 Å². The van der Waals surface area contributed by atoms with Crippen molar-refractivity contribution >= 4 is 65.2 Å². The van der Waals surface area contributed by atoms with Crippen LogP contribution in [0.2, 0.25) is 0 Å². The summed E-state index contributed by atoms with van der Waals surface area (Å²) in [7, 11) is 0. The van der Waals surface area contributed by atoms with E-state index in [-0.39, 0.29) is 0 Å². The van der Waals surface area contributed by atoms with Gasteiger partial charge in [-0.2, -0.15) is 0 Å². The molecule has 9 rings (SSSR count). The predicted molar refractivity (Wildman–Crippen MR) is 167 cm³/mol. The molecular weight excluding hydrogens is 488 g/mol. The van der Waals surface area contributed by atoms with Crippen molar-refractivity contribution in [3.05, 3.63) is 134 Å². The molecule has 2 aromatic heterocycles. The SMILES string of the molecule is c1ccc2cc(-c3c4ccccc4c(-c4ccc5oc6ccc7ccoc7c6c5c4)c4ccccc34)ccc2c1. The molecular formula is C38H22O2. The van der Waals surface area contributed by atoms with E-state index in [1.165, 1.54) is 49.0 Å². The molecule has 0 spiro atoms. The predicted octanol–water partition coefficient (Wildman–Crippen LogP) is 11.1. The minimum absolute atomic E-state index is 0.843. The van der Waals surface area contributed by atoms with Gasteiger partial charge in [-0.1, -0.05) is 91.0 Å². The maximum absolute atomic E-state index is 6.25. The fourth-order valence-electron chi connectivity index (χ4n) is 6.54. The van der Waals surface area contributed by atoms with Gasteiger partial charge in [0.1, 0.15) is 16.7 Å². The molecule has 186 valence electrons. The van der Waals surface area contributed by atoms with Gasteiger partial charge in [-0.15, -0.1) is 0 Å². The van der Waals surface area contributed by atoms with Gasteiger partial charge in [0.2, 0.25) is 0 Å². The molecule has 2 nitrogen and oxygen atoms in total. The molecule has 0 unspecified atom stereocenters. The van der Waals surface area contributed by atoms with Crippen molar-refractivity contribution in [3.63, 3.8) is 0 Å². The van der Waals surface area contributed by atoms with Crippen LogP contribution in [0.4, 0.5) is 0 Å². The zero-order valence-electron chi connectivity index (χ0n) is 21.5. The molecule has 0 aliphatic rings. The van der Waals surface area contributed by atoms with Gasteiger partial charge in [-0.3, -0.25) is 0 Å². The number of furan rings is 2. The summed E-state index contributed by atoms with van der Waals surface area (Å²) >= 11 is 0. The molecule has 0 radical (unpaired) electrons. The molecule has 0 aliphatic heterocycles. The van der Waals surface area contributed by atoms with Crippen LogP contribution in [-0.2, 0) is 0 Å². The first kappa shape index (κ1) is 21.6. The summed E-state index contributed by atoms with van der Waals surface area (Å²) in [6, 6.07) is 45.6. The van der Waals surface area contributed by atoms with Crippen LogP contribution in [0.25, 0.3) is 87.5 Å². The summed E-state index contributed by atoms with van der Waals surface area (Å²) in [5, 5.41) is 10.6.